The predicted molar refractivity (Wildman–Crippen MR) is 64.9 cm³/mol. The first-order chi connectivity index (χ1) is 7.95. The minimum Gasteiger partial charge on any atom is -0.481 e. The summed E-state index contributed by atoms with van der Waals surface area (Å²) in [5.74, 6) is -0.876. The number of carbonyl (C=O) groups is 2. The van der Waals surface area contributed by atoms with Gasteiger partial charge in [0.15, 0.2) is 0 Å². The van der Waals surface area contributed by atoms with Crippen molar-refractivity contribution >= 4 is 12.0 Å². The summed E-state index contributed by atoms with van der Waals surface area (Å²) in [6.45, 7) is 3.99. The Morgan fingerprint density at radius 2 is 2.06 bits per heavy atom. The quantitative estimate of drug-likeness (QED) is 0.665. The van der Waals surface area contributed by atoms with Crippen molar-refractivity contribution in [2.24, 2.45) is 0 Å². The number of rotatable bonds is 6. The summed E-state index contributed by atoms with van der Waals surface area (Å²) in [4.78, 5) is 22.3. The van der Waals surface area contributed by atoms with E-state index in [-0.39, 0.29) is 24.0 Å². The number of urea groups is 1. The molecule has 0 spiro atoms. The van der Waals surface area contributed by atoms with Crippen LogP contribution in [0.1, 0.15) is 52.4 Å². The number of carboxylic acid groups (broad SMARTS) is 1. The van der Waals surface area contributed by atoms with E-state index in [0.29, 0.717) is 6.42 Å². The average Bonchev–Trinajstić information content (AvgIpc) is 2.14. The number of carbonyl (C=O) groups excluding carboxylic acids is 1. The molecule has 5 nitrogen and oxygen atoms in total. The third kappa shape index (κ3) is 4.63. The number of amides is 2. The highest BCUT2D eigenvalue weighted by molar-refractivity contribution is 5.76. The molecular weight excluding hydrogens is 220 g/mol. The lowest BCUT2D eigenvalue weighted by Gasteiger charge is -2.39. The van der Waals surface area contributed by atoms with Crippen molar-refractivity contribution in [3.05, 3.63) is 0 Å². The first kappa shape index (κ1) is 13.8. The molecule has 0 aromatic carbocycles. The van der Waals surface area contributed by atoms with Crippen LogP contribution in [0.3, 0.4) is 0 Å². The minimum absolute atomic E-state index is 0.0159. The second kappa shape index (κ2) is 5.89. The Morgan fingerprint density at radius 1 is 1.41 bits per heavy atom. The molecule has 0 saturated heterocycles. The summed E-state index contributed by atoms with van der Waals surface area (Å²) in [6, 6.07) is -0.520. The average molecular weight is 242 g/mol. The molecule has 17 heavy (non-hydrogen) atoms. The van der Waals surface area contributed by atoms with Gasteiger partial charge in [0.05, 0.1) is 6.42 Å². The van der Waals surface area contributed by atoms with Crippen LogP contribution in [0.15, 0.2) is 0 Å². The Labute approximate surface area is 102 Å². The summed E-state index contributed by atoms with van der Waals surface area (Å²) in [6.07, 6.45) is 4.67. The maximum absolute atomic E-state index is 11.7. The Hall–Kier alpha value is -1.26. The van der Waals surface area contributed by atoms with Gasteiger partial charge in [0.1, 0.15) is 0 Å². The molecular formula is C12H22N2O3. The van der Waals surface area contributed by atoms with Crippen molar-refractivity contribution in [2.75, 3.05) is 0 Å². The Balaban J connectivity index is 2.37. The number of carboxylic acids is 1. The van der Waals surface area contributed by atoms with Crippen LogP contribution in [0, 0.1) is 0 Å². The maximum Gasteiger partial charge on any atom is 0.315 e. The molecule has 0 radical (unpaired) electrons. The zero-order valence-electron chi connectivity index (χ0n) is 10.6. The van der Waals surface area contributed by atoms with E-state index in [1.54, 1.807) is 0 Å². The molecule has 0 heterocycles. The SMILES string of the molecule is CCCC(CC(=O)O)NC(=O)NC1(C)CCC1. The van der Waals surface area contributed by atoms with E-state index < -0.39 is 5.97 Å². The topological polar surface area (TPSA) is 78.4 Å². The van der Waals surface area contributed by atoms with Gasteiger partial charge in [0.25, 0.3) is 0 Å². The van der Waals surface area contributed by atoms with Gasteiger partial charge in [-0.05, 0) is 32.6 Å². The molecule has 1 fully saturated rings. The smallest absolute Gasteiger partial charge is 0.315 e. The molecule has 0 bridgehead atoms. The first-order valence-electron chi connectivity index (χ1n) is 6.25. The van der Waals surface area contributed by atoms with Crippen LogP contribution in [0.5, 0.6) is 0 Å². The summed E-state index contributed by atoms with van der Waals surface area (Å²) in [5.41, 5.74) is -0.0932. The largest absolute Gasteiger partial charge is 0.481 e. The van der Waals surface area contributed by atoms with Gasteiger partial charge in [-0.15, -0.1) is 0 Å². The molecule has 1 unspecified atom stereocenters. The Bertz CT molecular complexity index is 287. The molecule has 0 aromatic heterocycles. The fourth-order valence-corrected chi connectivity index (χ4v) is 2.11. The highest BCUT2D eigenvalue weighted by Crippen LogP contribution is 2.30. The van der Waals surface area contributed by atoms with Gasteiger partial charge < -0.3 is 15.7 Å². The fourth-order valence-electron chi connectivity index (χ4n) is 2.11. The zero-order chi connectivity index (χ0) is 12.9. The molecule has 3 N–H and O–H groups in total. The molecule has 1 saturated carbocycles. The van der Waals surface area contributed by atoms with E-state index in [1.807, 2.05) is 13.8 Å². The monoisotopic (exact) mass is 242 g/mol. The summed E-state index contributed by atoms with van der Waals surface area (Å²) >= 11 is 0. The van der Waals surface area contributed by atoms with Crippen molar-refractivity contribution in [1.29, 1.82) is 0 Å². The first-order valence-corrected chi connectivity index (χ1v) is 6.25. The lowest BCUT2D eigenvalue weighted by molar-refractivity contribution is -0.137. The number of hydrogen-bond donors (Lipinski definition) is 3. The Kier molecular flexibility index (Phi) is 4.78. The second-order valence-electron chi connectivity index (χ2n) is 5.10. The van der Waals surface area contributed by atoms with Crippen LogP contribution < -0.4 is 10.6 Å². The van der Waals surface area contributed by atoms with Crippen molar-refractivity contribution in [2.45, 2.75) is 64.0 Å². The molecule has 1 aliphatic rings. The summed E-state index contributed by atoms with van der Waals surface area (Å²) in [5, 5.41) is 14.4. The van der Waals surface area contributed by atoms with Gasteiger partial charge in [0.2, 0.25) is 0 Å². The maximum atomic E-state index is 11.7. The van der Waals surface area contributed by atoms with Crippen LogP contribution in [-0.4, -0.2) is 28.7 Å². The second-order valence-corrected chi connectivity index (χ2v) is 5.10. The summed E-state index contributed by atoms with van der Waals surface area (Å²) in [7, 11) is 0. The standard InChI is InChI=1S/C12H22N2O3/c1-3-5-9(8-10(15)16)13-11(17)14-12(2)6-4-7-12/h9H,3-8H2,1-2H3,(H,15,16)(H2,13,14,17). The van der Waals surface area contributed by atoms with Crippen LogP contribution in [0.4, 0.5) is 4.79 Å². The van der Waals surface area contributed by atoms with E-state index in [0.717, 1.165) is 25.7 Å². The Morgan fingerprint density at radius 3 is 2.47 bits per heavy atom. The third-order valence-corrected chi connectivity index (χ3v) is 3.27. The van der Waals surface area contributed by atoms with E-state index in [2.05, 4.69) is 10.6 Å². The molecule has 98 valence electrons. The van der Waals surface area contributed by atoms with E-state index in [9.17, 15) is 9.59 Å². The van der Waals surface area contributed by atoms with Gasteiger partial charge in [0, 0.05) is 11.6 Å². The molecule has 1 aliphatic carbocycles. The van der Waals surface area contributed by atoms with Crippen molar-refractivity contribution < 1.29 is 14.7 Å². The highest BCUT2D eigenvalue weighted by Gasteiger charge is 2.33. The van der Waals surface area contributed by atoms with Crippen LogP contribution in [-0.2, 0) is 4.79 Å². The van der Waals surface area contributed by atoms with Gasteiger partial charge in [-0.3, -0.25) is 4.79 Å². The van der Waals surface area contributed by atoms with Gasteiger partial charge in [-0.1, -0.05) is 13.3 Å². The van der Waals surface area contributed by atoms with Gasteiger partial charge >= 0.3 is 12.0 Å². The van der Waals surface area contributed by atoms with E-state index in [1.165, 1.54) is 0 Å². The van der Waals surface area contributed by atoms with E-state index in [4.69, 9.17) is 5.11 Å². The van der Waals surface area contributed by atoms with Crippen LogP contribution in [0.2, 0.25) is 0 Å². The number of nitrogens with one attached hydrogen (secondary N) is 2. The van der Waals surface area contributed by atoms with E-state index >= 15 is 0 Å². The van der Waals surface area contributed by atoms with Gasteiger partial charge in [-0.2, -0.15) is 0 Å². The van der Waals surface area contributed by atoms with Crippen molar-refractivity contribution in [1.82, 2.24) is 10.6 Å². The van der Waals surface area contributed by atoms with Crippen LogP contribution in [0.25, 0.3) is 0 Å². The lowest BCUT2D eigenvalue weighted by Crippen LogP contribution is -2.55. The molecule has 1 rings (SSSR count). The normalized spacial score (nSPS) is 18.9. The van der Waals surface area contributed by atoms with Gasteiger partial charge in [-0.25, -0.2) is 4.79 Å². The number of aliphatic carboxylic acids is 1. The summed E-state index contributed by atoms with van der Waals surface area (Å²) < 4.78 is 0. The van der Waals surface area contributed by atoms with Crippen molar-refractivity contribution in [3.8, 4) is 0 Å². The van der Waals surface area contributed by atoms with Crippen molar-refractivity contribution in [3.63, 3.8) is 0 Å². The third-order valence-electron chi connectivity index (χ3n) is 3.27. The lowest BCUT2D eigenvalue weighted by atomic mass is 9.79. The molecule has 5 heteroatoms. The number of hydrogen-bond acceptors (Lipinski definition) is 2. The van der Waals surface area contributed by atoms with Crippen LogP contribution >= 0.6 is 0 Å². The molecule has 1 atom stereocenters. The minimum atomic E-state index is -0.876. The molecule has 2 amide bonds. The fraction of sp³-hybridized carbons (Fsp3) is 0.833. The molecule has 0 aromatic rings. The predicted octanol–water partition coefficient (Wildman–Crippen LogP) is 1.87. The zero-order valence-corrected chi connectivity index (χ0v) is 10.6. The highest BCUT2D eigenvalue weighted by atomic mass is 16.4. The molecule has 0 aliphatic heterocycles.